The zero-order valence-corrected chi connectivity index (χ0v) is 19.1. The molecule has 0 spiro atoms. The molecule has 1 aliphatic rings. The highest BCUT2D eigenvalue weighted by Crippen LogP contribution is 2.29. The summed E-state index contributed by atoms with van der Waals surface area (Å²) in [5.74, 6) is -0.417. The molecule has 33 heavy (non-hydrogen) atoms. The number of nitrogens with one attached hydrogen (secondary N) is 1. The number of aromatic nitrogens is 2. The molecule has 0 aliphatic carbocycles. The van der Waals surface area contributed by atoms with Crippen molar-refractivity contribution in [1.82, 2.24) is 9.97 Å². The highest BCUT2D eigenvalue weighted by Gasteiger charge is 2.36. The van der Waals surface area contributed by atoms with Crippen LogP contribution >= 0.6 is 22.7 Å². The standard InChI is InChI=1S/C23H17N7OS2/c1-3-5-16(6-4-2)18-14-33-23(26-18)30-21(31)20(27-28-22-25-11-12-32-22)19(29-30)17-9-7-15(13-24)8-10-17/h3-12,14H,1H2,2H3,(H,25,28)/b6-4-,16-5+,27-20-. The molecule has 3 heterocycles. The third kappa shape index (κ3) is 4.69. The summed E-state index contributed by atoms with van der Waals surface area (Å²) in [7, 11) is 0. The molecule has 0 saturated carbocycles. The molecule has 0 fully saturated rings. The van der Waals surface area contributed by atoms with E-state index in [1.54, 1.807) is 41.9 Å². The summed E-state index contributed by atoms with van der Waals surface area (Å²) < 4.78 is 0. The summed E-state index contributed by atoms with van der Waals surface area (Å²) in [5, 5.41) is 23.8. The number of nitriles is 1. The number of allylic oxidation sites excluding steroid dienone is 5. The minimum atomic E-state index is -0.417. The zero-order chi connectivity index (χ0) is 23.2. The second-order valence-electron chi connectivity index (χ2n) is 6.54. The lowest BCUT2D eigenvalue weighted by molar-refractivity contribution is -0.112. The van der Waals surface area contributed by atoms with Gasteiger partial charge in [-0.2, -0.15) is 20.5 Å². The van der Waals surface area contributed by atoms with E-state index in [1.165, 1.54) is 27.7 Å². The third-order valence-corrected chi connectivity index (χ3v) is 5.91. The van der Waals surface area contributed by atoms with Gasteiger partial charge in [-0.1, -0.05) is 43.0 Å². The smallest absolute Gasteiger partial charge is 0.265 e. The molecule has 1 N–H and O–H groups in total. The van der Waals surface area contributed by atoms with E-state index in [4.69, 9.17) is 5.26 Å². The van der Waals surface area contributed by atoms with Crippen LogP contribution in [0.4, 0.5) is 10.3 Å². The number of nitrogens with zero attached hydrogens (tertiary/aromatic N) is 6. The van der Waals surface area contributed by atoms with Crippen LogP contribution in [0.25, 0.3) is 5.57 Å². The molecule has 1 aliphatic heterocycles. The topological polar surface area (TPSA) is 107 Å². The second kappa shape index (κ2) is 9.95. The van der Waals surface area contributed by atoms with Gasteiger partial charge in [-0.05, 0) is 19.1 Å². The van der Waals surface area contributed by atoms with E-state index in [0.29, 0.717) is 32.8 Å². The van der Waals surface area contributed by atoms with E-state index in [1.807, 2.05) is 30.5 Å². The van der Waals surface area contributed by atoms with Crippen LogP contribution < -0.4 is 10.4 Å². The summed E-state index contributed by atoms with van der Waals surface area (Å²) >= 11 is 2.66. The Morgan fingerprint density at radius 2 is 2.12 bits per heavy atom. The first-order valence-electron chi connectivity index (χ1n) is 9.73. The van der Waals surface area contributed by atoms with Gasteiger partial charge in [0, 0.05) is 28.1 Å². The number of amides is 1. The van der Waals surface area contributed by atoms with Gasteiger partial charge in [0.1, 0.15) is 5.71 Å². The number of rotatable bonds is 7. The SMILES string of the molecule is C=C/C=C(\C=C/C)c1csc(N2N=C(c3ccc(C#N)cc3)/C(=N/Nc3nccs3)C2=O)n1. The van der Waals surface area contributed by atoms with Crippen molar-refractivity contribution in [2.75, 3.05) is 10.4 Å². The average molecular weight is 472 g/mol. The molecule has 4 rings (SSSR count). The maximum atomic E-state index is 13.3. The fourth-order valence-corrected chi connectivity index (χ4v) is 4.18. The normalized spacial score (nSPS) is 15.2. The van der Waals surface area contributed by atoms with Crippen molar-refractivity contribution in [3.05, 3.63) is 88.9 Å². The summed E-state index contributed by atoms with van der Waals surface area (Å²) in [4.78, 5) is 22.0. The van der Waals surface area contributed by atoms with E-state index in [2.05, 4.69) is 38.2 Å². The highest BCUT2D eigenvalue weighted by atomic mass is 32.1. The zero-order valence-electron chi connectivity index (χ0n) is 17.5. The Hall–Kier alpha value is -4.20. The fourth-order valence-electron chi connectivity index (χ4n) is 2.93. The molecule has 0 unspecified atom stereocenters. The number of carbonyl (C=O) groups is 1. The van der Waals surface area contributed by atoms with Crippen molar-refractivity contribution in [1.29, 1.82) is 5.26 Å². The maximum Gasteiger partial charge on any atom is 0.303 e. The predicted molar refractivity (Wildman–Crippen MR) is 133 cm³/mol. The number of carbonyl (C=O) groups excluding carboxylic acids is 1. The van der Waals surface area contributed by atoms with Crippen LogP contribution in [0.1, 0.15) is 23.7 Å². The van der Waals surface area contributed by atoms with Crippen molar-refractivity contribution in [2.45, 2.75) is 6.92 Å². The van der Waals surface area contributed by atoms with Gasteiger partial charge in [0.15, 0.2) is 5.71 Å². The second-order valence-corrected chi connectivity index (χ2v) is 8.27. The first-order chi connectivity index (χ1) is 16.1. The third-order valence-electron chi connectivity index (χ3n) is 4.42. The molecule has 0 bridgehead atoms. The number of hydrazone groups is 2. The number of anilines is 2. The largest absolute Gasteiger partial charge is 0.303 e. The highest BCUT2D eigenvalue weighted by molar-refractivity contribution is 7.14. The molecule has 10 heteroatoms. The molecule has 8 nitrogen and oxygen atoms in total. The van der Waals surface area contributed by atoms with Gasteiger partial charge in [-0.15, -0.1) is 22.7 Å². The summed E-state index contributed by atoms with van der Waals surface area (Å²) in [6.07, 6.45) is 9.00. The number of hydrogen-bond acceptors (Lipinski definition) is 9. The number of benzene rings is 1. The summed E-state index contributed by atoms with van der Waals surface area (Å²) in [6.45, 7) is 5.66. The van der Waals surface area contributed by atoms with Crippen molar-refractivity contribution >= 4 is 55.8 Å². The van der Waals surface area contributed by atoms with E-state index in [9.17, 15) is 4.79 Å². The molecule has 1 amide bonds. The summed E-state index contributed by atoms with van der Waals surface area (Å²) in [5.41, 5.74) is 6.07. The monoisotopic (exact) mass is 471 g/mol. The van der Waals surface area contributed by atoms with Crippen molar-refractivity contribution < 1.29 is 4.79 Å². The Morgan fingerprint density at radius 1 is 1.30 bits per heavy atom. The van der Waals surface area contributed by atoms with Gasteiger partial charge in [-0.25, -0.2) is 9.97 Å². The lowest BCUT2D eigenvalue weighted by Crippen LogP contribution is -2.28. The minimum absolute atomic E-state index is 0.127. The minimum Gasteiger partial charge on any atom is -0.265 e. The van der Waals surface area contributed by atoms with Gasteiger partial charge in [0.2, 0.25) is 10.3 Å². The van der Waals surface area contributed by atoms with E-state index in [-0.39, 0.29) is 5.71 Å². The van der Waals surface area contributed by atoms with Gasteiger partial charge in [-0.3, -0.25) is 10.2 Å². The molecular weight excluding hydrogens is 454 g/mol. The Labute approximate surface area is 198 Å². The van der Waals surface area contributed by atoms with E-state index < -0.39 is 5.91 Å². The van der Waals surface area contributed by atoms with Gasteiger partial charge in [0.25, 0.3) is 0 Å². The number of thiazole rings is 2. The first-order valence-corrected chi connectivity index (χ1v) is 11.5. The van der Waals surface area contributed by atoms with Crippen LogP contribution in [-0.2, 0) is 4.79 Å². The molecule has 1 aromatic carbocycles. The number of hydrogen-bond donors (Lipinski definition) is 1. The van der Waals surface area contributed by atoms with Crippen molar-refractivity contribution in [2.24, 2.45) is 10.2 Å². The van der Waals surface area contributed by atoms with Crippen molar-refractivity contribution in [3.63, 3.8) is 0 Å². The Bertz CT molecular complexity index is 1340. The molecule has 0 radical (unpaired) electrons. The van der Waals surface area contributed by atoms with Gasteiger partial charge < -0.3 is 0 Å². The fraction of sp³-hybridized carbons (Fsp3) is 0.0435. The van der Waals surface area contributed by atoms with Crippen LogP contribution in [0.5, 0.6) is 0 Å². The van der Waals surface area contributed by atoms with Crippen LogP contribution in [0.15, 0.2) is 82.3 Å². The molecule has 0 atom stereocenters. The van der Waals surface area contributed by atoms with Gasteiger partial charge >= 0.3 is 5.91 Å². The van der Waals surface area contributed by atoms with Crippen LogP contribution in [0.2, 0.25) is 0 Å². The molecule has 2 aromatic heterocycles. The van der Waals surface area contributed by atoms with E-state index in [0.717, 1.165) is 5.57 Å². The van der Waals surface area contributed by atoms with Crippen LogP contribution in [-0.4, -0.2) is 27.3 Å². The first kappa shape index (κ1) is 22.0. The average Bonchev–Trinajstić information content (AvgIpc) is 3.58. The Kier molecular flexibility index (Phi) is 6.64. The van der Waals surface area contributed by atoms with E-state index >= 15 is 0 Å². The predicted octanol–water partition coefficient (Wildman–Crippen LogP) is 4.84. The Balaban J connectivity index is 1.73. The maximum absolute atomic E-state index is 13.3. The molecule has 162 valence electrons. The molecule has 3 aromatic rings. The molecular formula is C23H17N7OS2. The lowest BCUT2D eigenvalue weighted by atomic mass is 10.0. The molecule has 0 saturated heterocycles. The van der Waals surface area contributed by atoms with Crippen LogP contribution in [0.3, 0.4) is 0 Å². The van der Waals surface area contributed by atoms with Crippen molar-refractivity contribution in [3.8, 4) is 6.07 Å². The summed E-state index contributed by atoms with van der Waals surface area (Å²) in [6, 6.07) is 8.89. The quantitative estimate of drug-likeness (QED) is 0.392. The lowest BCUT2D eigenvalue weighted by Gasteiger charge is -2.06. The Morgan fingerprint density at radius 3 is 2.79 bits per heavy atom. The van der Waals surface area contributed by atoms with Crippen LogP contribution in [0, 0.1) is 11.3 Å². The van der Waals surface area contributed by atoms with Gasteiger partial charge in [0.05, 0.1) is 17.3 Å².